The Balaban J connectivity index is 1.40. The molecule has 4 heterocycles. The highest BCUT2D eigenvalue weighted by Gasteiger charge is 2.81. The van der Waals surface area contributed by atoms with E-state index in [-0.39, 0.29) is 55.7 Å². The number of aromatic nitrogens is 1. The predicted molar refractivity (Wildman–Crippen MR) is 139 cm³/mol. The summed E-state index contributed by atoms with van der Waals surface area (Å²) in [5.74, 6) is -5.93. The highest BCUT2D eigenvalue weighted by atomic mass is 19.4. The lowest BCUT2D eigenvalue weighted by molar-refractivity contribution is -0.626. The topological polar surface area (TPSA) is 144 Å². The van der Waals surface area contributed by atoms with Gasteiger partial charge in [0.1, 0.15) is 11.4 Å². The van der Waals surface area contributed by atoms with E-state index in [0.29, 0.717) is 16.7 Å². The number of alkyl halides is 3. The summed E-state index contributed by atoms with van der Waals surface area (Å²) >= 11 is 0. The summed E-state index contributed by atoms with van der Waals surface area (Å²) in [5, 5.41) is 3.93. The standard InChI is InChI=1S/C29H31F3N2O10/c1-25(2,3)29-26(4,5)15-39-27(29,43-44-29)16-9-10-17(18-14-20(41-33-18)28(30,31)32)19(13-16)40-23(37)7-6-8-24(38)42-34-21(35)11-12-22(34)36/h9-10,13-14H,6-8,11-12,15H2,1-5H3. The molecule has 3 fully saturated rings. The van der Waals surface area contributed by atoms with Crippen LogP contribution >= 0.6 is 0 Å². The lowest BCUT2D eigenvalue weighted by atomic mass is 9.57. The minimum Gasteiger partial charge on any atom is -0.426 e. The van der Waals surface area contributed by atoms with Gasteiger partial charge >= 0.3 is 18.1 Å². The summed E-state index contributed by atoms with van der Waals surface area (Å²) in [6, 6.07) is 5.07. The highest BCUT2D eigenvalue weighted by Crippen LogP contribution is 2.69. The van der Waals surface area contributed by atoms with Crippen molar-refractivity contribution in [1.29, 1.82) is 0 Å². The van der Waals surface area contributed by atoms with Crippen LogP contribution in [0.1, 0.15) is 78.0 Å². The van der Waals surface area contributed by atoms with Crippen molar-refractivity contribution in [3.05, 3.63) is 35.6 Å². The molecule has 5 rings (SSSR count). The van der Waals surface area contributed by atoms with E-state index in [1.165, 1.54) is 12.1 Å². The number of imide groups is 1. The average molecular weight is 625 g/mol. The lowest BCUT2D eigenvalue weighted by Gasteiger charge is -2.61. The Bertz CT molecular complexity index is 1500. The van der Waals surface area contributed by atoms with Crippen LogP contribution in [0.5, 0.6) is 5.75 Å². The summed E-state index contributed by atoms with van der Waals surface area (Å²) in [7, 11) is 0. The molecule has 2 aromatic rings. The fourth-order valence-electron chi connectivity index (χ4n) is 6.15. The Kier molecular flexibility index (Phi) is 7.66. The number of hydroxylamine groups is 2. The molecule has 3 aliphatic rings. The summed E-state index contributed by atoms with van der Waals surface area (Å²) in [6.45, 7) is 10.1. The van der Waals surface area contributed by atoms with Crippen LogP contribution in [0.2, 0.25) is 0 Å². The van der Waals surface area contributed by atoms with Crippen LogP contribution in [0.25, 0.3) is 11.3 Å². The number of benzene rings is 1. The van der Waals surface area contributed by atoms with Gasteiger partial charge in [0.05, 0.1) is 6.61 Å². The second kappa shape index (κ2) is 10.7. The molecule has 2 amide bonds. The van der Waals surface area contributed by atoms with Gasteiger partial charge in [0, 0.05) is 53.7 Å². The van der Waals surface area contributed by atoms with Crippen molar-refractivity contribution in [2.45, 2.75) is 84.3 Å². The van der Waals surface area contributed by atoms with Gasteiger partial charge in [0.15, 0.2) is 5.60 Å². The number of amides is 2. The quantitative estimate of drug-likeness (QED) is 0.169. The van der Waals surface area contributed by atoms with Gasteiger partial charge in [0.25, 0.3) is 17.6 Å². The highest BCUT2D eigenvalue weighted by molar-refractivity contribution is 6.01. The van der Waals surface area contributed by atoms with Gasteiger partial charge in [-0.2, -0.15) is 18.1 Å². The van der Waals surface area contributed by atoms with Gasteiger partial charge in [-0.15, -0.1) is 5.06 Å². The van der Waals surface area contributed by atoms with Crippen molar-refractivity contribution in [3.63, 3.8) is 0 Å². The number of rotatable bonds is 8. The smallest absolute Gasteiger partial charge is 0.426 e. The average Bonchev–Trinajstić information content (AvgIpc) is 3.54. The molecule has 2 unspecified atom stereocenters. The molecule has 3 aliphatic heterocycles. The molecule has 3 saturated heterocycles. The van der Waals surface area contributed by atoms with Crippen molar-refractivity contribution in [2.75, 3.05) is 6.61 Å². The molecule has 0 N–H and O–H groups in total. The van der Waals surface area contributed by atoms with E-state index in [4.69, 9.17) is 24.1 Å². The summed E-state index contributed by atoms with van der Waals surface area (Å²) in [5.41, 5.74) is -1.89. The van der Waals surface area contributed by atoms with E-state index in [1.54, 1.807) is 6.07 Å². The number of fused-ring (bicyclic) bond motifs is 1. The van der Waals surface area contributed by atoms with Crippen LogP contribution in [-0.2, 0) is 50.5 Å². The molecule has 0 bridgehead atoms. The Labute approximate surface area is 249 Å². The first kappa shape index (κ1) is 31.6. The maximum Gasteiger partial charge on any atom is 0.452 e. The van der Waals surface area contributed by atoms with Gasteiger partial charge in [0.2, 0.25) is 5.76 Å². The zero-order valence-corrected chi connectivity index (χ0v) is 24.7. The largest absolute Gasteiger partial charge is 0.452 e. The second-order valence-corrected chi connectivity index (χ2v) is 12.5. The Morgan fingerprint density at radius 1 is 1.00 bits per heavy atom. The second-order valence-electron chi connectivity index (χ2n) is 12.5. The van der Waals surface area contributed by atoms with E-state index in [9.17, 15) is 32.3 Å². The van der Waals surface area contributed by atoms with E-state index < -0.39 is 57.9 Å². The van der Waals surface area contributed by atoms with Crippen LogP contribution in [0.4, 0.5) is 13.2 Å². The van der Waals surface area contributed by atoms with Crippen molar-refractivity contribution in [3.8, 4) is 17.0 Å². The van der Waals surface area contributed by atoms with E-state index in [0.717, 1.165) is 0 Å². The van der Waals surface area contributed by atoms with Gasteiger partial charge in [-0.3, -0.25) is 14.4 Å². The van der Waals surface area contributed by atoms with Crippen molar-refractivity contribution in [2.24, 2.45) is 10.8 Å². The molecule has 0 aliphatic carbocycles. The number of hydrogen-bond acceptors (Lipinski definition) is 11. The minimum atomic E-state index is -4.80. The van der Waals surface area contributed by atoms with Gasteiger partial charge < -0.3 is 18.8 Å². The third-order valence-corrected chi connectivity index (χ3v) is 8.00. The van der Waals surface area contributed by atoms with Crippen molar-refractivity contribution < 1.29 is 61.0 Å². The Hall–Kier alpha value is -3.82. The number of ether oxygens (including phenoxy) is 2. The molecular formula is C29H31F3N2O10. The molecule has 15 heteroatoms. The van der Waals surface area contributed by atoms with Gasteiger partial charge in [-0.05, 0) is 18.6 Å². The molecule has 0 spiro atoms. The van der Waals surface area contributed by atoms with Gasteiger partial charge in [-0.1, -0.05) is 45.8 Å². The third-order valence-electron chi connectivity index (χ3n) is 8.00. The monoisotopic (exact) mass is 624 g/mol. The normalized spacial score (nSPS) is 24.7. The van der Waals surface area contributed by atoms with Gasteiger partial charge in [-0.25, -0.2) is 9.68 Å². The number of nitrogens with zero attached hydrogens (tertiary/aromatic N) is 2. The van der Waals surface area contributed by atoms with E-state index in [1.807, 2.05) is 34.6 Å². The first-order chi connectivity index (χ1) is 20.4. The van der Waals surface area contributed by atoms with Crippen LogP contribution in [-0.4, -0.2) is 46.2 Å². The van der Waals surface area contributed by atoms with Crippen LogP contribution in [0.3, 0.4) is 0 Å². The zero-order chi connectivity index (χ0) is 32.3. The number of carbonyl (C=O) groups excluding carboxylic acids is 4. The SMILES string of the molecule is CC(C)(C)C12OOC1(c1ccc(-c3cc(C(F)(F)F)on3)c(OC(=O)CCCC(=O)ON3C(=O)CCC3=O)c1)OCC2(C)C. The number of esters is 1. The number of hydrogen-bond donors (Lipinski definition) is 0. The molecule has 238 valence electrons. The fourth-order valence-corrected chi connectivity index (χ4v) is 6.15. The molecule has 0 saturated carbocycles. The lowest BCUT2D eigenvalue weighted by Crippen LogP contribution is -2.73. The molecule has 0 radical (unpaired) electrons. The summed E-state index contributed by atoms with van der Waals surface area (Å²) in [4.78, 5) is 64.6. The van der Waals surface area contributed by atoms with E-state index in [2.05, 4.69) is 9.68 Å². The minimum absolute atomic E-state index is 0.0158. The Morgan fingerprint density at radius 3 is 2.23 bits per heavy atom. The molecule has 1 aromatic carbocycles. The fraction of sp³-hybridized carbons (Fsp3) is 0.552. The molecule has 12 nitrogen and oxygen atoms in total. The van der Waals surface area contributed by atoms with Crippen LogP contribution in [0.15, 0.2) is 28.8 Å². The first-order valence-electron chi connectivity index (χ1n) is 13.9. The van der Waals surface area contributed by atoms with Crippen LogP contribution < -0.4 is 4.74 Å². The Morgan fingerprint density at radius 2 is 1.66 bits per heavy atom. The third kappa shape index (κ3) is 5.06. The molecule has 1 aromatic heterocycles. The zero-order valence-electron chi connectivity index (χ0n) is 24.7. The molecule has 44 heavy (non-hydrogen) atoms. The van der Waals surface area contributed by atoms with Crippen molar-refractivity contribution >= 4 is 23.8 Å². The number of halogens is 3. The summed E-state index contributed by atoms with van der Waals surface area (Å²) < 4.78 is 56.1. The first-order valence-corrected chi connectivity index (χ1v) is 13.9. The molecular weight excluding hydrogens is 593 g/mol. The molecule has 2 atom stereocenters. The number of carbonyl (C=O) groups is 4. The summed E-state index contributed by atoms with van der Waals surface area (Å²) in [6.07, 6.45) is -5.62. The van der Waals surface area contributed by atoms with Crippen LogP contribution in [0, 0.1) is 10.8 Å². The van der Waals surface area contributed by atoms with E-state index >= 15 is 0 Å². The van der Waals surface area contributed by atoms with Crippen molar-refractivity contribution in [1.82, 2.24) is 10.2 Å². The maximum atomic E-state index is 13.3. The predicted octanol–water partition coefficient (Wildman–Crippen LogP) is 5.00. The maximum absolute atomic E-state index is 13.3.